The van der Waals surface area contributed by atoms with Gasteiger partial charge < -0.3 is 15.2 Å². The fraction of sp³-hybridized carbons (Fsp3) is 0.818. The molecule has 4 nitrogen and oxygen atoms in total. The first kappa shape index (κ1) is 14.1. The highest BCUT2D eigenvalue weighted by Crippen LogP contribution is 2.00. The Bertz CT molecular complexity index is 209. The van der Waals surface area contributed by atoms with Crippen molar-refractivity contribution in [2.24, 2.45) is 0 Å². The van der Waals surface area contributed by atoms with Gasteiger partial charge in [0.15, 0.2) is 0 Å². The maximum Gasteiger partial charge on any atom is 0.0926 e. The van der Waals surface area contributed by atoms with Crippen molar-refractivity contribution in [3.63, 3.8) is 0 Å². The number of nitrogens with zero attached hydrogens (tertiary/aromatic N) is 2. The van der Waals surface area contributed by atoms with E-state index in [1.807, 2.05) is 6.92 Å². The number of hydrogen-bond acceptors (Lipinski definition) is 3. The van der Waals surface area contributed by atoms with E-state index in [0.29, 0.717) is 11.5 Å². The molecule has 4 heteroatoms. The van der Waals surface area contributed by atoms with E-state index in [-0.39, 0.29) is 0 Å². The average Bonchev–Trinajstić information content (AvgIpc) is 2.28. The van der Waals surface area contributed by atoms with Gasteiger partial charge in [-0.1, -0.05) is 0 Å². The molecule has 1 heterocycles. The number of nitrogens with one attached hydrogen (secondary N) is 2. The second-order valence-corrected chi connectivity index (χ2v) is 4.23. The predicted octanol–water partition coefficient (Wildman–Crippen LogP) is 1.67. The van der Waals surface area contributed by atoms with E-state index in [2.05, 4.69) is 16.8 Å². The van der Waals surface area contributed by atoms with E-state index >= 15 is 0 Å². The van der Waals surface area contributed by atoms with Crippen LogP contribution in [0.1, 0.15) is 27.2 Å². The molecule has 0 aliphatic carbocycles. The highest BCUT2D eigenvalue weighted by molar-refractivity contribution is 5.76. The smallest absolute Gasteiger partial charge is 0.0926 e. The van der Waals surface area contributed by atoms with Crippen molar-refractivity contribution in [2.45, 2.75) is 27.2 Å². The SMILES string of the molecule is CC(=N)N1CCCN(C)CC1.CC(C)=N. The van der Waals surface area contributed by atoms with E-state index in [1.165, 1.54) is 13.0 Å². The van der Waals surface area contributed by atoms with Gasteiger partial charge in [-0.2, -0.15) is 0 Å². The van der Waals surface area contributed by atoms with Gasteiger partial charge in [0.2, 0.25) is 0 Å². The molecule has 0 aromatic carbocycles. The molecule has 0 bridgehead atoms. The molecular formula is C11H24N4. The molecule has 0 aromatic heterocycles. The molecule has 1 fully saturated rings. The zero-order valence-electron chi connectivity index (χ0n) is 10.4. The van der Waals surface area contributed by atoms with E-state index in [1.54, 1.807) is 13.8 Å². The second-order valence-electron chi connectivity index (χ2n) is 4.23. The summed E-state index contributed by atoms with van der Waals surface area (Å²) < 4.78 is 0. The first-order chi connectivity index (χ1) is 6.93. The van der Waals surface area contributed by atoms with Crippen molar-refractivity contribution in [1.29, 1.82) is 10.8 Å². The number of amidine groups is 1. The Kier molecular flexibility index (Phi) is 6.96. The Balaban J connectivity index is 0.000000423. The van der Waals surface area contributed by atoms with Crippen LogP contribution in [0, 0.1) is 10.8 Å². The highest BCUT2D eigenvalue weighted by Gasteiger charge is 2.11. The van der Waals surface area contributed by atoms with E-state index in [9.17, 15) is 0 Å². The van der Waals surface area contributed by atoms with Crippen LogP contribution in [0.5, 0.6) is 0 Å². The lowest BCUT2D eigenvalue weighted by molar-refractivity contribution is 0.345. The molecular weight excluding hydrogens is 188 g/mol. The quantitative estimate of drug-likeness (QED) is 0.474. The minimum Gasteiger partial charge on any atom is -0.359 e. The first-order valence-corrected chi connectivity index (χ1v) is 5.44. The summed E-state index contributed by atoms with van der Waals surface area (Å²) in [5, 5.41) is 14.0. The van der Waals surface area contributed by atoms with Gasteiger partial charge in [-0.05, 0) is 40.8 Å². The van der Waals surface area contributed by atoms with Gasteiger partial charge in [0.25, 0.3) is 0 Å². The van der Waals surface area contributed by atoms with Crippen LogP contribution in [0.3, 0.4) is 0 Å². The molecule has 1 aliphatic rings. The van der Waals surface area contributed by atoms with Crippen molar-refractivity contribution in [2.75, 3.05) is 33.2 Å². The highest BCUT2D eigenvalue weighted by atomic mass is 15.2. The van der Waals surface area contributed by atoms with E-state index in [0.717, 1.165) is 19.6 Å². The van der Waals surface area contributed by atoms with Gasteiger partial charge in [0.1, 0.15) is 0 Å². The Morgan fingerprint density at radius 2 is 1.47 bits per heavy atom. The predicted molar refractivity (Wildman–Crippen MR) is 66.2 cm³/mol. The third kappa shape index (κ3) is 8.12. The molecule has 0 spiro atoms. The van der Waals surface area contributed by atoms with Crippen LogP contribution < -0.4 is 0 Å². The lowest BCUT2D eigenvalue weighted by Gasteiger charge is -2.20. The maximum absolute atomic E-state index is 7.46. The number of rotatable bonds is 0. The summed E-state index contributed by atoms with van der Waals surface area (Å²) in [4.78, 5) is 4.46. The van der Waals surface area contributed by atoms with Crippen molar-refractivity contribution < 1.29 is 0 Å². The number of hydrogen-bond donors (Lipinski definition) is 2. The monoisotopic (exact) mass is 212 g/mol. The fourth-order valence-corrected chi connectivity index (χ4v) is 1.38. The summed E-state index contributed by atoms with van der Waals surface area (Å²) in [7, 11) is 2.14. The van der Waals surface area contributed by atoms with Gasteiger partial charge in [-0.15, -0.1) is 0 Å². The van der Waals surface area contributed by atoms with Crippen molar-refractivity contribution in [3.8, 4) is 0 Å². The number of likely N-dealkylation sites (N-methyl/N-ethyl adjacent to an activating group) is 1. The average molecular weight is 212 g/mol. The van der Waals surface area contributed by atoms with Crippen molar-refractivity contribution in [1.82, 2.24) is 9.80 Å². The van der Waals surface area contributed by atoms with Crippen LogP contribution in [0.4, 0.5) is 0 Å². The first-order valence-electron chi connectivity index (χ1n) is 5.44. The minimum absolute atomic E-state index is 0.667. The topological polar surface area (TPSA) is 54.2 Å². The summed E-state index contributed by atoms with van der Waals surface area (Å²) in [6, 6.07) is 0. The van der Waals surface area contributed by atoms with Gasteiger partial charge in [-0.25, -0.2) is 0 Å². The standard InChI is InChI=1S/C8H17N3.C3H7N/c1-8(9)11-5-3-4-10(2)6-7-11;1-3(2)4/h9H,3-7H2,1-2H3;4H,1-2H3. The van der Waals surface area contributed by atoms with Crippen molar-refractivity contribution >= 4 is 11.5 Å². The Morgan fingerprint density at radius 1 is 0.933 bits per heavy atom. The molecule has 1 rings (SSSR count). The summed E-state index contributed by atoms with van der Waals surface area (Å²) in [5.41, 5.74) is 0.667. The Hall–Kier alpha value is -0.900. The molecule has 0 amide bonds. The third-order valence-corrected chi connectivity index (χ3v) is 2.19. The Morgan fingerprint density at radius 3 is 1.93 bits per heavy atom. The molecule has 0 unspecified atom stereocenters. The molecule has 0 radical (unpaired) electrons. The van der Waals surface area contributed by atoms with Gasteiger partial charge in [0, 0.05) is 25.3 Å². The molecule has 0 atom stereocenters. The zero-order valence-corrected chi connectivity index (χ0v) is 10.4. The second kappa shape index (κ2) is 7.40. The van der Waals surface area contributed by atoms with E-state index in [4.69, 9.17) is 10.8 Å². The molecule has 2 N–H and O–H groups in total. The molecule has 1 saturated heterocycles. The zero-order chi connectivity index (χ0) is 11.8. The van der Waals surface area contributed by atoms with Crippen LogP contribution >= 0.6 is 0 Å². The molecule has 0 aromatic rings. The van der Waals surface area contributed by atoms with Gasteiger partial charge in [0.05, 0.1) is 5.84 Å². The molecule has 0 saturated carbocycles. The van der Waals surface area contributed by atoms with Crippen molar-refractivity contribution in [3.05, 3.63) is 0 Å². The summed E-state index contributed by atoms with van der Waals surface area (Å²) in [6.45, 7) is 9.71. The van der Waals surface area contributed by atoms with E-state index < -0.39 is 0 Å². The van der Waals surface area contributed by atoms with Gasteiger partial charge in [-0.3, -0.25) is 5.41 Å². The maximum atomic E-state index is 7.46. The third-order valence-electron chi connectivity index (χ3n) is 2.19. The van der Waals surface area contributed by atoms with Crippen LogP contribution in [-0.4, -0.2) is 54.6 Å². The van der Waals surface area contributed by atoms with Crippen LogP contribution in [0.2, 0.25) is 0 Å². The summed E-state index contributed by atoms with van der Waals surface area (Å²) in [6.07, 6.45) is 1.19. The molecule has 1 aliphatic heterocycles. The van der Waals surface area contributed by atoms with Crippen LogP contribution in [-0.2, 0) is 0 Å². The lowest BCUT2D eigenvalue weighted by Crippen LogP contribution is -2.32. The molecule has 88 valence electrons. The minimum atomic E-state index is 0.667. The normalized spacial score (nSPS) is 17.5. The van der Waals surface area contributed by atoms with Gasteiger partial charge >= 0.3 is 0 Å². The van der Waals surface area contributed by atoms with Crippen LogP contribution in [0.25, 0.3) is 0 Å². The largest absolute Gasteiger partial charge is 0.359 e. The fourth-order valence-electron chi connectivity index (χ4n) is 1.38. The summed E-state index contributed by atoms with van der Waals surface area (Å²) in [5.74, 6) is 0.709. The van der Waals surface area contributed by atoms with Crippen LogP contribution in [0.15, 0.2) is 0 Å². The molecule has 15 heavy (non-hydrogen) atoms. The summed E-state index contributed by atoms with van der Waals surface area (Å²) >= 11 is 0. The lowest BCUT2D eigenvalue weighted by atomic mass is 10.4. The Labute approximate surface area is 93.3 Å².